The second kappa shape index (κ2) is 36.1. The van der Waals surface area contributed by atoms with Gasteiger partial charge in [0.2, 0.25) is 59.1 Å². The highest BCUT2D eigenvalue weighted by Gasteiger charge is 2.43. The first-order valence-corrected chi connectivity index (χ1v) is 30.8. The number of likely N-dealkylation sites (tertiary alicyclic amines) is 2. The van der Waals surface area contributed by atoms with Crippen LogP contribution >= 0.6 is 0 Å². The van der Waals surface area contributed by atoms with E-state index in [9.17, 15) is 57.8 Å². The summed E-state index contributed by atoms with van der Waals surface area (Å²) >= 11 is 0. The van der Waals surface area contributed by atoms with E-state index in [-0.39, 0.29) is 115 Å². The lowest BCUT2D eigenvalue weighted by Gasteiger charge is -2.32. The number of hydrogen-bond acceptors (Lipinski definition) is 14. The molecule has 0 radical (unpaired) electrons. The Labute approximate surface area is 528 Å². The van der Waals surface area contributed by atoms with Crippen LogP contribution in [0.25, 0.3) is 0 Å². The van der Waals surface area contributed by atoms with Gasteiger partial charge in [-0.05, 0) is 93.7 Å². The fourth-order valence-corrected chi connectivity index (χ4v) is 11.1. The van der Waals surface area contributed by atoms with Gasteiger partial charge in [0.15, 0.2) is 11.9 Å². The number of benzene rings is 3. The van der Waals surface area contributed by atoms with Gasteiger partial charge in [0.05, 0.1) is 12.6 Å². The molecule has 3 aromatic carbocycles. The van der Waals surface area contributed by atoms with E-state index in [2.05, 4.69) is 52.5 Å². The molecule has 0 aliphatic carbocycles. The molecule has 3 aliphatic heterocycles. The first kappa shape index (κ1) is 70.4. The number of rotatable bonds is 23. The zero-order valence-corrected chi connectivity index (χ0v) is 51.0. The number of nitrogens with zero attached hydrogens (tertiary/aromatic N) is 4. The Morgan fingerprint density at radius 2 is 1.15 bits per heavy atom. The molecule has 3 heterocycles. The molecule has 3 saturated heterocycles. The second-order valence-corrected chi connectivity index (χ2v) is 22.8. The first-order valence-electron chi connectivity index (χ1n) is 30.8. The molecule has 0 bridgehead atoms. The monoisotopic (exact) mass is 1260 g/mol. The average molecular weight is 1260 g/mol. The molecule has 29 nitrogen and oxygen atoms in total. The molecule has 0 aromatic heterocycles. The van der Waals surface area contributed by atoms with E-state index < -0.39 is 126 Å². The van der Waals surface area contributed by atoms with Crippen molar-refractivity contribution in [3.05, 3.63) is 108 Å². The number of aliphatic carboxylic acids is 1. The molecule has 492 valence electrons. The third-order valence-corrected chi connectivity index (χ3v) is 15.9. The lowest BCUT2D eigenvalue weighted by molar-refractivity contribution is -0.147. The average Bonchev–Trinajstić information content (AvgIpc) is 1.78. The number of carbonyl (C=O) groups is 11. The number of nitrogens with one attached hydrogen (secondary N) is 8. The van der Waals surface area contributed by atoms with Gasteiger partial charge in [0.1, 0.15) is 48.3 Å². The molecule has 3 aromatic rings. The van der Waals surface area contributed by atoms with Crippen LogP contribution in [0.4, 0.5) is 0 Å². The van der Waals surface area contributed by atoms with Crippen molar-refractivity contribution in [2.45, 2.75) is 157 Å². The van der Waals surface area contributed by atoms with Crippen molar-refractivity contribution >= 4 is 77.0 Å². The number of carbonyl (C=O) groups excluding carboxylic acids is 10. The number of aliphatic imine (C=N–C) groups is 2. The highest BCUT2D eigenvalue weighted by Crippen LogP contribution is 2.26. The molecule has 29 heteroatoms. The SMILES string of the molecule is NC(N)=NCCC[C@@H]1NC(=O)[C@H](Cc2ccccc2)NC(=O)[C@@H](Cc2ccccc2)NC(=O)[C@@H](NC(=O)[C@H](Cc2ccccc2)NC(=O)CNC(=O)[C@@H]2CCCN2C(=O)[C@@H]2CCCN2C(=O)[C@@H](N)CCCN=C(N)N)CCC(=O)NCCCC[C@@H](C(=O)O)NC1=O. The van der Waals surface area contributed by atoms with E-state index in [0.29, 0.717) is 48.9 Å². The Morgan fingerprint density at radius 1 is 0.615 bits per heavy atom. The van der Waals surface area contributed by atoms with Crippen LogP contribution in [0.1, 0.15) is 100 Å². The Bertz CT molecular complexity index is 3040. The standard InChI is InChI=1S/C62H87N17O12/c63-41(22-12-30-69-61(64)65)58(88)79-33-15-26-49(79)59(89)78-32-14-25-48(78)57(87)71-37-51(81)72-45(34-38-16-4-1-5-17-38)54(84)74-43-27-28-50(80)68-29-11-10-23-44(60(90)91)75-52(82)42(24-13-31-70-62(66)67)73-55(85)46(35-39-18-6-2-7-19-39)77-56(86)47(76-53(43)83)36-40-20-8-3-9-21-40/h1-9,16-21,41-49H,10-15,22-37,63H2,(H,68,80)(H,71,87)(H,72,81)(H,73,85)(H,74,84)(H,75,82)(H,76,83)(H,77,86)(H,90,91)(H4,64,65,69)(H4,66,67,70)/t41-,42-,43-,44-,45-,46-,47+,48-,49-/m0/s1. The quantitative estimate of drug-likeness (QED) is 0.0261. The first-order chi connectivity index (χ1) is 43.7. The molecular weight excluding hydrogens is 1170 g/mol. The second-order valence-electron chi connectivity index (χ2n) is 22.8. The number of carboxylic acids is 1. The number of carboxylic acid groups (broad SMARTS) is 1. The molecule has 6 rings (SSSR count). The van der Waals surface area contributed by atoms with Crippen LogP contribution < -0.4 is 71.2 Å². The van der Waals surface area contributed by atoms with E-state index in [1.807, 2.05) is 0 Å². The van der Waals surface area contributed by atoms with E-state index in [4.69, 9.17) is 28.7 Å². The van der Waals surface area contributed by atoms with E-state index in [1.54, 1.807) is 91.0 Å². The lowest BCUT2D eigenvalue weighted by atomic mass is 10.0. The van der Waals surface area contributed by atoms with Gasteiger partial charge in [-0.2, -0.15) is 0 Å². The van der Waals surface area contributed by atoms with Crippen molar-refractivity contribution < 1.29 is 57.8 Å². The van der Waals surface area contributed by atoms with E-state index >= 15 is 0 Å². The molecular formula is C62H87N17O12. The molecule has 0 saturated carbocycles. The van der Waals surface area contributed by atoms with Gasteiger partial charge >= 0.3 is 5.97 Å². The predicted molar refractivity (Wildman–Crippen MR) is 336 cm³/mol. The van der Waals surface area contributed by atoms with Crippen LogP contribution in [0.3, 0.4) is 0 Å². The highest BCUT2D eigenvalue weighted by atomic mass is 16.4. The maximum atomic E-state index is 14.9. The Morgan fingerprint density at radius 3 is 1.75 bits per heavy atom. The summed E-state index contributed by atoms with van der Waals surface area (Å²) in [7, 11) is 0. The molecule has 0 unspecified atom stereocenters. The maximum Gasteiger partial charge on any atom is 0.326 e. The maximum absolute atomic E-state index is 14.9. The van der Waals surface area contributed by atoms with Crippen molar-refractivity contribution in [3.63, 3.8) is 0 Å². The van der Waals surface area contributed by atoms with Gasteiger partial charge in [-0.15, -0.1) is 0 Å². The molecule has 91 heavy (non-hydrogen) atoms. The predicted octanol–water partition coefficient (Wildman–Crippen LogP) is -2.68. The molecule has 0 spiro atoms. The Balaban J connectivity index is 1.23. The highest BCUT2D eigenvalue weighted by molar-refractivity contribution is 5.98. The zero-order valence-electron chi connectivity index (χ0n) is 51.0. The summed E-state index contributed by atoms with van der Waals surface area (Å²) in [6.07, 6.45) is 1.86. The number of guanidine groups is 2. The summed E-state index contributed by atoms with van der Waals surface area (Å²) in [4.78, 5) is 165. The van der Waals surface area contributed by atoms with Crippen LogP contribution in [-0.4, -0.2) is 186 Å². The van der Waals surface area contributed by atoms with Crippen molar-refractivity contribution in [2.75, 3.05) is 39.3 Å². The van der Waals surface area contributed by atoms with Gasteiger partial charge in [-0.3, -0.25) is 57.9 Å². The summed E-state index contributed by atoms with van der Waals surface area (Å²) in [5.41, 5.74) is 29.9. The molecule has 10 amide bonds. The smallest absolute Gasteiger partial charge is 0.326 e. The minimum absolute atomic E-state index is 0.0532. The van der Waals surface area contributed by atoms with E-state index in [1.165, 1.54) is 9.80 Å². The third kappa shape index (κ3) is 23.0. The van der Waals surface area contributed by atoms with Crippen LogP contribution in [0.15, 0.2) is 101 Å². The lowest BCUT2D eigenvalue weighted by Crippen LogP contribution is -2.60. The summed E-state index contributed by atoms with van der Waals surface area (Å²) in [6, 6.07) is 14.6. The van der Waals surface area contributed by atoms with Crippen molar-refractivity contribution in [1.29, 1.82) is 0 Å². The van der Waals surface area contributed by atoms with Gasteiger partial charge < -0.3 is 86.1 Å². The van der Waals surface area contributed by atoms with Crippen LogP contribution in [-0.2, 0) is 72.0 Å². The van der Waals surface area contributed by atoms with Crippen LogP contribution in [0.2, 0.25) is 0 Å². The number of nitrogens with two attached hydrogens (primary N) is 5. The van der Waals surface area contributed by atoms with Crippen LogP contribution in [0, 0.1) is 0 Å². The Hall–Kier alpha value is -9.67. The molecule has 9 atom stereocenters. The van der Waals surface area contributed by atoms with Crippen molar-refractivity contribution in [1.82, 2.24) is 52.3 Å². The molecule has 19 N–H and O–H groups in total. The summed E-state index contributed by atoms with van der Waals surface area (Å²) in [6.45, 7) is 0.299. The third-order valence-electron chi connectivity index (χ3n) is 15.9. The largest absolute Gasteiger partial charge is 0.480 e. The van der Waals surface area contributed by atoms with Gasteiger partial charge in [0, 0.05) is 58.4 Å². The summed E-state index contributed by atoms with van der Waals surface area (Å²) in [5.74, 6) is -8.74. The fourth-order valence-electron chi connectivity index (χ4n) is 11.1. The molecule has 3 fully saturated rings. The van der Waals surface area contributed by atoms with Gasteiger partial charge in [0.25, 0.3) is 0 Å². The van der Waals surface area contributed by atoms with Crippen LogP contribution in [0.5, 0.6) is 0 Å². The number of hydrogen-bond donors (Lipinski definition) is 14. The summed E-state index contributed by atoms with van der Waals surface area (Å²) in [5, 5.41) is 31.7. The van der Waals surface area contributed by atoms with Gasteiger partial charge in [-0.25, -0.2) is 4.79 Å². The normalized spacial score (nSPS) is 21.9. The number of amides is 10. The van der Waals surface area contributed by atoms with Crippen molar-refractivity contribution in [3.8, 4) is 0 Å². The Kier molecular flexibility index (Phi) is 27.9. The minimum atomic E-state index is -1.55. The minimum Gasteiger partial charge on any atom is -0.480 e. The molecule has 3 aliphatic rings. The summed E-state index contributed by atoms with van der Waals surface area (Å²) < 4.78 is 0. The van der Waals surface area contributed by atoms with Gasteiger partial charge in [-0.1, -0.05) is 91.0 Å². The van der Waals surface area contributed by atoms with E-state index in [0.717, 1.165) is 0 Å². The zero-order chi connectivity index (χ0) is 65.8. The fraction of sp³-hybridized carbons (Fsp3) is 0.500. The van der Waals surface area contributed by atoms with Crippen molar-refractivity contribution in [2.24, 2.45) is 38.7 Å². The topological polar surface area (TPSA) is 466 Å².